The van der Waals surface area contributed by atoms with Gasteiger partial charge < -0.3 is 0 Å². The van der Waals surface area contributed by atoms with Gasteiger partial charge in [-0.2, -0.15) is 0 Å². The van der Waals surface area contributed by atoms with E-state index in [0.29, 0.717) is 0 Å². The fourth-order valence-electron chi connectivity index (χ4n) is 1.65. The molecule has 1 N–H and O–H groups in total. The van der Waals surface area contributed by atoms with Gasteiger partial charge in [-0.25, -0.2) is 13.1 Å². The topological polar surface area (TPSA) is 63.2 Å². The van der Waals surface area contributed by atoms with E-state index in [0.717, 1.165) is 12.0 Å². The number of amides is 1. The molecule has 0 aliphatic rings. The lowest BCUT2D eigenvalue weighted by atomic mass is 9.88. The first-order chi connectivity index (χ1) is 8.10. The van der Waals surface area contributed by atoms with Gasteiger partial charge in [0.2, 0.25) is 5.91 Å². The van der Waals surface area contributed by atoms with Crippen molar-refractivity contribution in [2.75, 3.05) is 0 Å². The van der Waals surface area contributed by atoms with Crippen LogP contribution in [-0.4, -0.2) is 14.3 Å². The highest BCUT2D eigenvalue weighted by Gasteiger charge is 2.16. The van der Waals surface area contributed by atoms with E-state index < -0.39 is 15.9 Å². The maximum absolute atomic E-state index is 11.7. The van der Waals surface area contributed by atoms with Crippen LogP contribution in [0, 0.1) is 5.41 Å². The van der Waals surface area contributed by atoms with E-state index in [1.165, 1.54) is 19.1 Å². The monoisotopic (exact) mass is 269 g/mol. The van der Waals surface area contributed by atoms with Crippen molar-refractivity contribution < 1.29 is 13.2 Å². The lowest BCUT2D eigenvalue weighted by Crippen LogP contribution is -2.28. The number of hydrogen-bond acceptors (Lipinski definition) is 3. The second kappa shape index (κ2) is 5.10. The third-order valence-corrected chi connectivity index (χ3v) is 3.70. The van der Waals surface area contributed by atoms with Crippen LogP contribution in [0.25, 0.3) is 0 Å². The Kier molecular flexibility index (Phi) is 4.16. The Balaban J connectivity index is 2.93. The summed E-state index contributed by atoms with van der Waals surface area (Å²) in [5.41, 5.74) is 1.22. The maximum atomic E-state index is 11.7. The van der Waals surface area contributed by atoms with E-state index in [1.807, 2.05) is 4.72 Å². The molecule has 18 heavy (non-hydrogen) atoms. The smallest absolute Gasteiger partial charge is 0.264 e. The van der Waals surface area contributed by atoms with E-state index >= 15 is 0 Å². The minimum atomic E-state index is -3.72. The number of benzene rings is 1. The van der Waals surface area contributed by atoms with Crippen molar-refractivity contribution in [3.63, 3.8) is 0 Å². The van der Waals surface area contributed by atoms with Gasteiger partial charge in [0.15, 0.2) is 0 Å². The van der Waals surface area contributed by atoms with E-state index in [-0.39, 0.29) is 10.3 Å². The molecule has 5 heteroatoms. The van der Waals surface area contributed by atoms with E-state index in [2.05, 4.69) is 20.8 Å². The van der Waals surface area contributed by atoms with Gasteiger partial charge in [0, 0.05) is 6.92 Å². The quantitative estimate of drug-likeness (QED) is 0.914. The SMILES string of the molecule is CC(=O)NS(=O)(=O)c1ccc(CC(C)(C)C)cc1. The number of sulfonamides is 1. The van der Waals surface area contributed by atoms with Crippen molar-refractivity contribution in [1.82, 2.24) is 4.72 Å². The van der Waals surface area contributed by atoms with Crippen molar-refractivity contribution in [3.8, 4) is 0 Å². The third kappa shape index (κ3) is 4.49. The number of hydrogen-bond donors (Lipinski definition) is 1. The molecule has 0 radical (unpaired) electrons. The molecule has 0 spiro atoms. The number of rotatable bonds is 3. The largest absolute Gasteiger partial charge is 0.274 e. The molecule has 0 saturated heterocycles. The van der Waals surface area contributed by atoms with Gasteiger partial charge in [0.25, 0.3) is 10.0 Å². The molecule has 0 saturated carbocycles. The Hall–Kier alpha value is -1.36. The lowest BCUT2D eigenvalue weighted by molar-refractivity contribution is -0.117. The van der Waals surface area contributed by atoms with Crippen LogP contribution in [0.4, 0.5) is 0 Å². The molecule has 1 aromatic carbocycles. The molecular weight excluding hydrogens is 250 g/mol. The van der Waals surface area contributed by atoms with Crippen molar-refractivity contribution in [1.29, 1.82) is 0 Å². The first-order valence-corrected chi connectivity index (χ1v) is 7.21. The van der Waals surface area contributed by atoms with E-state index in [4.69, 9.17) is 0 Å². The number of carbonyl (C=O) groups is 1. The van der Waals surface area contributed by atoms with Crippen LogP contribution >= 0.6 is 0 Å². The highest BCUT2D eigenvalue weighted by molar-refractivity contribution is 7.90. The normalized spacial score (nSPS) is 12.2. The van der Waals surface area contributed by atoms with E-state index in [9.17, 15) is 13.2 Å². The van der Waals surface area contributed by atoms with Crippen molar-refractivity contribution in [2.45, 2.75) is 39.0 Å². The molecule has 4 nitrogen and oxygen atoms in total. The number of carbonyl (C=O) groups excluding carboxylic acids is 1. The minimum Gasteiger partial charge on any atom is -0.274 e. The fourth-order valence-corrected chi connectivity index (χ4v) is 2.64. The van der Waals surface area contributed by atoms with Crippen molar-refractivity contribution in [3.05, 3.63) is 29.8 Å². The molecule has 0 aromatic heterocycles. The van der Waals surface area contributed by atoms with Gasteiger partial charge in [-0.05, 0) is 29.5 Å². The van der Waals surface area contributed by atoms with Gasteiger partial charge in [0.05, 0.1) is 4.90 Å². The molecule has 0 heterocycles. The summed E-state index contributed by atoms with van der Waals surface area (Å²) in [6.07, 6.45) is 0.869. The Bertz CT molecular complexity index is 524. The van der Waals surface area contributed by atoms with Crippen LogP contribution in [0.5, 0.6) is 0 Å². The molecule has 1 rings (SSSR count). The lowest BCUT2D eigenvalue weighted by Gasteiger charge is -2.18. The standard InChI is InChI=1S/C13H19NO3S/c1-10(15)14-18(16,17)12-7-5-11(6-8-12)9-13(2,3)4/h5-8H,9H2,1-4H3,(H,14,15). The fraction of sp³-hybridized carbons (Fsp3) is 0.462. The molecule has 1 amide bonds. The molecule has 0 unspecified atom stereocenters. The Morgan fingerprint density at radius 1 is 1.17 bits per heavy atom. The zero-order valence-electron chi connectivity index (χ0n) is 11.1. The van der Waals surface area contributed by atoms with Crippen molar-refractivity contribution >= 4 is 15.9 Å². The summed E-state index contributed by atoms with van der Waals surface area (Å²) < 4.78 is 25.4. The highest BCUT2D eigenvalue weighted by atomic mass is 32.2. The first-order valence-electron chi connectivity index (χ1n) is 5.72. The van der Waals surface area contributed by atoms with Crippen LogP contribution in [0.3, 0.4) is 0 Å². The average molecular weight is 269 g/mol. The summed E-state index contributed by atoms with van der Waals surface area (Å²) in [5.74, 6) is -0.589. The molecule has 100 valence electrons. The number of nitrogens with one attached hydrogen (secondary N) is 1. The molecule has 0 fully saturated rings. The van der Waals surface area contributed by atoms with Gasteiger partial charge >= 0.3 is 0 Å². The average Bonchev–Trinajstić information content (AvgIpc) is 2.13. The summed E-state index contributed by atoms with van der Waals surface area (Å²) in [6, 6.07) is 6.60. The molecule has 0 bridgehead atoms. The maximum Gasteiger partial charge on any atom is 0.264 e. The van der Waals surface area contributed by atoms with Crippen LogP contribution in [0.2, 0.25) is 0 Å². The van der Waals surface area contributed by atoms with Crippen LogP contribution in [0.15, 0.2) is 29.2 Å². The molecule has 0 aliphatic carbocycles. The molecule has 0 aliphatic heterocycles. The first kappa shape index (κ1) is 14.7. The van der Waals surface area contributed by atoms with Gasteiger partial charge in [-0.1, -0.05) is 32.9 Å². The minimum absolute atomic E-state index is 0.107. The van der Waals surface area contributed by atoms with E-state index in [1.54, 1.807) is 12.1 Å². The third-order valence-electron chi connectivity index (χ3n) is 2.25. The van der Waals surface area contributed by atoms with Gasteiger partial charge in [-0.15, -0.1) is 0 Å². The summed E-state index contributed by atoms with van der Waals surface area (Å²) in [4.78, 5) is 10.9. The Labute approximate surface area is 108 Å². The summed E-state index contributed by atoms with van der Waals surface area (Å²) in [6.45, 7) is 7.53. The predicted octanol–water partition coefficient (Wildman–Crippen LogP) is 2.10. The Morgan fingerprint density at radius 2 is 1.67 bits per heavy atom. The molecular formula is C13H19NO3S. The zero-order chi connectivity index (χ0) is 14.0. The highest BCUT2D eigenvalue weighted by Crippen LogP contribution is 2.21. The van der Waals surface area contributed by atoms with Crippen molar-refractivity contribution in [2.24, 2.45) is 5.41 Å². The summed E-state index contributed by atoms with van der Waals surface area (Å²) in [5, 5.41) is 0. The zero-order valence-corrected chi connectivity index (χ0v) is 12.0. The van der Waals surface area contributed by atoms with Crippen LogP contribution in [-0.2, 0) is 21.2 Å². The van der Waals surface area contributed by atoms with Gasteiger partial charge in [0.1, 0.15) is 0 Å². The predicted molar refractivity (Wildman–Crippen MR) is 70.6 cm³/mol. The summed E-state index contributed by atoms with van der Waals surface area (Å²) in [7, 11) is -3.72. The van der Waals surface area contributed by atoms with Gasteiger partial charge in [-0.3, -0.25) is 4.79 Å². The molecule has 0 atom stereocenters. The molecule has 1 aromatic rings. The second-order valence-corrected chi connectivity index (χ2v) is 7.23. The van der Waals surface area contributed by atoms with Crippen LogP contribution in [0.1, 0.15) is 33.3 Å². The summed E-state index contributed by atoms with van der Waals surface area (Å²) >= 11 is 0. The Morgan fingerprint density at radius 3 is 2.06 bits per heavy atom. The van der Waals surface area contributed by atoms with Crippen LogP contribution < -0.4 is 4.72 Å². The second-order valence-electron chi connectivity index (χ2n) is 5.54.